The highest BCUT2D eigenvalue weighted by atomic mass is 32.1. The number of fused-ring (bicyclic) bond motifs is 1. The van der Waals surface area contributed by atoms with E-state index in [1.807, 2.05) is 0 Å². The van der Waals surface area contributed by atoms with Crippen LogP contribution in [0.25, 0.3) is 11.0 Å². The van der Waals surface area contributed by atoms with Gasteiger partial charge in [0, 0.05) is 12.8 Å². The second-order valence-corrected chi connectivity index (χ2v) is 8.30. The molecule has 0 aliphatic rings. The molecule has 0 saturated heterocycles. The quantitative estimate of drug-likeness (QED) is 0.317. The lowest BCUT2D eigenvalue weighted by atomic mass is 10.1. The first-order chi connectivity index (χ1) is 16.2. The Morgan fingerprint density at radius 3 is 2.47 bits per heavy atom. The van der Waals surface area contributed by atoms with Gasteiger partial charge in [0.05, 0.1) is 27.2 Å². The standard InChI is InChI=1S/C23H19F3N4O3S/c1-12(33-2)20-28-17-11-13(27-21(31)14-6-3-4-7-16(14)23(24,25)26)10-15(19(17)30-20)22(32)29-18-8-5-9-34-18/h3-12H,1-2H3,(H,27,31)(H,28,30)(H,29,32). The van der Waals surface area contributed by atoms with Gasteiger partial charge in [-0.15, -0.1) is 11.3 Å². The Bertz CT molecular complexity index is 1350. The highest BCUT2D eigenvalue weighted by Gasteiger charge is 2.35. The number of anilines is 2. The van der Waals surface area contributed by atoms with Gasteiger partial charge in [0.1, 0.15) is 17.4 Å². The Kier molecular flexibility index (Phi) is 6.40. The van der Waals surface area contributed by atoms with Crippen molar-refractivity contribution in [2.45, 2.75) is 19.2 Å². The normalized spacial score (nSPS) is 12.5. The van der Waals surface area contributed by atoms with E-state index in [4.69, 9.17) is 4.74 Å². The Hall–Kier alpha value is -3.70. The molecule has 1 atom stereocenters. The molecule has 0 radical (unpaired) electrons. The third-order valence-electron chi connectivity index (χ3n) is 5.08. The number of nitrogens with zero attached hydrogens (tertiary/aromatic N) is 1. The first kappa shape index (κ1) is 23.5. The molecular formula is C23H19F3N4O3S. The van der Waals surface area contributed by atoms with Crippen molar-refractivity contribution < 1.29 is 27.5 Å². The molecule has 0 aliphatic heterocycles. The molecule has 3 N–H and O–H groups in total. The van der Waals surface area contributed by atoms with Crippen LogP contribution in [0.15, 0.2) is 53.9 Å². The lowest BCUT2D eigenvalue weighted by Crippen LogP contribution is -2.19. The van der Waals surface area contributed by atoms with E-state index in [2.05, 4.69) is 20.6 Å². The SMILES string of the molecule is COC(C)c1nc2c(C(=O)Nc3cccs3)cc(NC(=O)c3ccccc3C(F)(F)F)cc2[nH]1. The zero-order chi connectivity index (χ0) is 24.5. The predicted molar refractivity (Wildman–Crippen MR) is 123 cm³/mol. The summed E-state index contributed by atoms with van der Waals surface area (Å²) in [4.78, 5) is 33.3. The number of H-pyrrole nitrogens is 1. The van der Waals surface area contributed by atoms with E-state index in [-0.39, 0.29) is 11.3 Å². The van der Waals surface area contributed by atoms with E-state index in [0.29, 0.717) is 21.9 Å². The molecule has 0 saturated carbocycles. The summed E-state index contributed by atoms with van der Waals surface area (Å²) < 4.78 is 45.4. The number of carbonyl (C=O) groups is 2. The van der Waals surface area contributed by atoms with Crippen LogP contribution < -0.4 is 10.6 Å². The van der Waals surface area contributed by atoms with Crippen molar-refractivity contribution in [1.82, 2.24) is 9.97 Å². The number of ether oxygens (including phenoxy) is 1. The number of rotatable bonds is 6. The fourth-order valence-corrected chi connectivity index (χ4v) is 3.95. The second-order valence-electron chi connectivity index (χ2n) is 7.35. The van der Waals surface area contributed by atoms with Gasteiger partial charge in [-0.05, 0) is 48.7 Å². The number of amides is 2. The van der Waals surface area contributed by atoms with Crippen molar-refractivity contribution in [2.75, 3.05) is 17.7 Å². The summed E-state index contributed by atoms with van der Waals surface area (Å²) in [5, 5.41) is 7.63. The largest absolute Gasteiger partial charge is 0.417 e. The van der Waals surface area contributed by atoms with Crippen LogP contribution in [0.5, 0.6) is 0 Å². The van der Waals surface area contributed by atoms with E-state index in [1.165, 1.54) is 42.7 Å². The summed E-state index contributed by atoms with van der Waals surface area (Å²) in [6.07, 6.45) is -5.10. The molecule has 0 aliphatic carbocycles. The molecular weight excluding hydrogens is 469 g/mol. The summed E-state index contributed by atoms with van der Waals surface area (Å²) in [6.45, 7) is 1.76. The first-order valence-electron chi connectivity index (χ1n) is 10.1. The fraction of sp³-hybridized carbons (Fsp3) is 0.174. The average Bonchev–Trinajstić information content (AvgIpc) is 3.47. The molecule has 0 fully saturated rings. The Morgan fingerprint density at radius 2 is 1.79 bits per heavy atom. The number of alkyl halides is 3. The summed E-state index contributed by atoms with van der Waals surface area (Å²) in [6, 6.07) is 10.9. The highest BCUT2D eigenvalue weighted by molar-refractivity contribution is 7.14. The van der Waals surface area contributed by atoms with Crippen LogP contribution in [-0.2, 0) is 10.9 Å². The van der Waals surface area contributed by atoms with Gasteiger partial charge in [0.2, 0.25) is 0 Å². The number of methoxy groups -OCH3 is 1. The Labute approximate surface area is 196 Å². The molecule has 11 heteroatoms. The van der Waals surface area contributed by atoms with Crippen molar-refractivity contribution >= 4 is 44.9 Å². The zero-order valence-corrected chi connectivity index (χ0v) is 18.8. The van der Waals surface area contributed by atoms with Gasteiger partial charge in [-0.25, -0.2) is 4.98 Å². The highest BCUT2D eigenvalue weighted by Crippen LogP contribution is 2.33. The monoisotopic (exact) mass is 488 g/mol. The zero-order valence-electron chi connectivity index (χ0n) is 18.0. The molecule has 7 nitrogen and oxygen atoms in total. The van der Waals surface area contributed by atoms with Crippen molar-refractivity contribution in [3.05, 3.63) is 76.4 Å². The maximum Gasteiger partial charge on any atom is 0.417 e. The van der Waals surface area contributed by atoms with Gasteiger partial charge in [0.15, 0.2) is 0 Å². The van der Waals surface area contributed by atoms with Gasteiger partial charge in [-0.1, -0.05) is 12.1 Å². The number of hydrogen-bond acceptors (Lipinski definition) is 5. The minimum Gasteiger partial charge on any atom is -0.374 e. The maximum atomic E-state index is 13.4. The van der Waals surface area contributed by atoms with E-state index < -0.39 is 35.2 Å². The van der Waals surface area contributed by atoms with Crippen LogP contribution in [0.4, 0.5) is 23.9 Å². The van der Waals surface area contributed by atoms with Crippen LogP contribution in [0, 0.1) is 0 Å². The van der Waals surface area contributed by atoms with Crippen LogP contribution in [0.2, 0.25) is 0 Å². The lowest BCUT2D eigenvalue weighted by Gasteiger charge is -2.13. The molecule has 34 heavy (non-hydrogen) atoms. The van der Waals surface area contributed by atoms with E-state index >= 15 is 0 Å². The number of imidazole rings is 1. The minimum absolute atomic E-state index is 0.131. The van der Waals surface area contributed by atoms with Gasteiger partial charge in [-0.2, -0.15) is 13.2 Å². The number of carbonyl (C=O) groups excluding carboxylic acids is 2. The molecule has 1 unspecified atom stereocenters. The summed E-state index contributed by atoms with van der Waals surface area (Å²) in [7, 11) is 1.51. The molecule has 0 bridgehead atoms. The summed E-state index contributed by atoms with van der Waals surface area (Å²) in [5.74, 6) is -0.988. The van der Waals surface area contributed by atoms with E-state index in [1.54, 1.807) is 24.4 Å². The van der Waals surface area contributed by atoms with Crippen molar-refractivity contribution in [3.63, 3.8) is 0 Å². The molecule has 176 valence electrons. The third kappa shape index (κ3) is 4.80. The fourth-order valence-electron chi connectivity index (χ4n) is 3.34. The number of hydrogen-bond donors (Lipinski definition) is 3. The van der Waals surface area contributed by atoms with Gasteiger partial charge in [0.25, 0.3) is 11.8 Å². The molecule has 4 aromatic rings. The number of aromatic amines is 1. The third-order valence-corrected chi connectivity index (χ3v) is 5.87. The number of benzene rings is 2. The van der Waals surface area contributed by atoms with Gasteiger partial charge in [-0.3, -0.25) is 9.59 Å². The number of halogens is 3. The molecule has 2 amide bonds. The molecule has 2 aromatic carbocycles. The maximum absolute atomic E-state index is 13.4. The van der Waals surface area contributed by atoms with E-state index in [9.17, 15) is 22.8 Å². The second kappa shape index (κ2) is 9.27. The average molecular weight is 488 g/mol. The van der Waals surface area contributed by atoms with Crippen molar-refractivity contribution in [1.29, 1.82) is 0 Å². The Morgan fingerprint density at radius 1 is 1.06 bits per heavy atom. The number of nitrogens with one attached hydrogen (secondary N) is 3. The smallest absolute Gasteiger partial charge is 0.374 e. The molecule has 4 rings (SSSR count). The van der Waals surface area contributed by atoms with E-state index in [0.717, 1.165) is 12.1 Å². The van der Waals surface area contributed by atoms with Crippen LogP contribution in [0.3, 0.4) is 0 Å². The Balaban J connectivity index is 1.75. The van der Waals surface area contributed by atoms with Crippen molar-refractivity contribution in [2.24, 2.45) is 0 Å². The van der Waals surface area contributed by atoms with Crippen LogP contribution >= 0.6 is 11.3 Å². The number of aromatic nitrogens is 2. The lowest BCUT2D eigenvalue weighted by molar-refractivity contribution is -0.137. The van der Waals surface area contributed by atoms with Crippen molar-refractivity contribution in [3.8, 4) is 0 Å². The summed E-state index contributed by atoms with van der Waals surface area (Å²) >= 11 is 1.32. The minimum atomic E-state index is -4.70. The van der Waals surface area contributed by atoms with Gasteiger partial charge >= 0.3 is 6.18 Å². The first-order valence-corrected chi connectivity index (χ1v) is 10.9. The molecule has 0 spiro atoms. The molecule has 2 heterocycles. The van der Waals surface area contributed by atoms with Gasteiger partial charge < -0.3 is 20.4 Å². The van der Waals surface area contributed by atoms with Crippen LogP contribution in [0.1, 0.15) is 45.1 Å². The number of thiophene rings is 1. The van der Waals surface area contributed by atoms with Crippen LogP contribution in [-0.4, -0.2) is 28.9 Å². The summed E-state index contributed by atoms with van der Waals surface area (Å²) in [5.41, 5.74) is -0.569. The predicted octanol–water partition coefficient (Wildman–Crippen LogP) is 5.86. The topological polar surface area (TPSA) is 96.1 Å². The molecule has 2 aromatic heterocycles.